The normalized spacial score (nSPS) is 12.6. The van der Waals surface area contributed by atoms with Crippen molar-refractivity contribution in [2.24, 2.45) is 0 Å². The van der Waals surface area contributed by atoms with Crippen LogP contribution in [0, 0.1) is 3.57 Å². The van der Waals surface area contributed by atoms with Crippen LogP contribution in [0.2, 0.25) is 0 Å². The standard InChI is InChI=1S/C9H11IO2/c1-7(6-11)12-9-5-3-2-4-8(9)10/h2-5,7,11H,6H2,1H3/t7-/m1/s1. The molecule has 0 radical (unpaired) electrons. The SMILES string of the molecule is C[C@H](CO)Oc1ccccc1I. The molecule has 0 spiro atoms. The summed E-state index contributed by atoms with van der Waals surface area (Å²) in [5, 5.41) is 8.76. The minimum absolute atomic E-state index is 0.0466. The number of aliphatic hydroxyl groups excluding tert-OH is 1. The van der Waals surface area contributed by atoms with Crippen LogP contribution in [0.25, 0.3) is 0 Å². The summed E-state index contributed by atoms with van der Waals surface area (Å²) in [5.41, 5.74) is 0. The Bertz CT molecular complexity index is 250. The molecule has 1 atom stereocenters. The molecule has 2 nitrogen and oxygen atoms in total. The Balaban J connectivity index is 2.69. The van der Waals surface area contributed by atoms with Crippen LogP contribution in [0.1, 0.15) is 6.92 Å². The average Bonchev–Trinajstić information content (AvgIpc) is 2.09. The molecule has 1 aromatic carbocycles. The molecule has 66 valence electrons. The van der Waals surface area contributed by atoms with Gasteiger partial charge in [-0.25, -0.2) is 0 Å². The van der Waals surface area contributed by atoms with Gasteiger partial charge in [0.25, 0.3) is 0 Å². The van der Waals surface area contributed by atoms with Crippen molar-refractivity contribution in [2.45, 2.75) is 13.0 Å². The molecular weight excluding hydrogens is 267 g/mol. The van der Waals surface area contributed by atoms with E-state index in [0.717, 1.165) is 9.32 Å². The quantitative estimate of drug-likeness (QED) is 0.857. The fraction of sp³-hybridized carbons (Fsp3) is 0.333. The first kappa shape index (κ1) is 9.80. The molecule has 3 heteroatoms. The first-order valence-corrected chi connectivity index (χ1v) is 4.84. The molecule has 0 aliphatic rings. The van der Waals surface area contributed by atoms with Crippen LogP contribution >= 0.6 is 22.6 Å². The van der Waals surface area contributed by atoms with Gasteiger partial charge >= 0.3 is 0 Å². The summed E-state index contributed by atoms with van der Waals surface area (Å²) in [6.07, 6.45) is -0.138. The maximum Gasteiger partial charge on any atom is 0.133 e. The van der Waals surface area contributed by atoms with E-state index in [0.29, 0.717) is 0 Å². The summed E-state index contributed by atoms with van der Waals surface area (Å²) in [6, 6.07) is 7.74. The van der Waals surface area contributed by atoms with E-state index >= 15 is 0 Å². The van der Waals surface area contributed by atoms with Crippen molar-refractivity contribution in [1.29, 1.82) is 0 Å². The molecule has 0 fully saturated rings. The Hall–Kier alpha value is -0.290. The second-order valence-electron chi connectivity index (χ2n) is 2.54. The van der Waals surface area contributed by atoms with E-state index in [2.05, 4.69) is 22.6 Å². The van der Waals surface area contributed by atoms with Gasteiger partial charge in [-0.1, -0.05) is 12.1 Å². The number of rotatable bonds is 3. The predicted octanol–water partition coefficient (Wildman–Crippen LogP) is 2.05. The number of halogens is 1. The van der Waals surface area contributed by atoms with E-state index in [9.17, 15) is 0 Å². The summed E-state index contributed by atoms with van der Waals surface area (Å²) < 4.78 is 6.50. The van der Waals surface area contributed by atoms with Gasteiger partial charge < -0.3 is 9.84 Å². The molecule has 0 aliphatic carbocycles. The second kappa shape index (κ2) is 4.67. The molecule has 1 aromatic rings. The van der Waals surface area contributed by atoms with Gasteiger partial charge in [-0.15, -0.1) is 0 Å². The summed E-state index contributed by atoms with van der Waals surface area (Å²) in [4.78, 5) is 0. The largest absolute Gasteiger partial charge is 0.487 e. The zero-order valence-electron chi connectivity index (χ0n) is 6.83. The van der Waals surface area contributed by atoms with Crippen LogP contribution in [-0.4, -0.2) is 17.8 Å². The van der Waals surface area contributed by atoms with Crippen LogP contribution in [-0.2, 0) is 0 Å². The van der Waals surface area contributed by atoms with Crippen molar-refractivity contribution in [3.63, 3.8) is 0 Å². The van der Waals surface area contributed by atoms with Crippen molar-refractivity contribution in [3.05, 3.63) is 27.8 Å². The minimum atomic E-state index is -0.138. The number of para-hydroxylation sites is 1. The van der Waals surface area contributed by atoms with Gasteiger partial charge in [0.2, 0.25) is 0 Å². The zero-order chi connectivity index (χ0) is 8.97. The maximum absolute atomic E-state index is 8.76. The second-order valence-corrected chi connectivity index (χ2v) is 3.70. The van der Waals surface area contributed by atoms with Gasteiger partial charge in [-0.05, 0) is 41.6 Å². The lowest BCUT2D eigenvalue weighted by Crippen LogP contribution is -2.16. The van der Waals surface area contributed by atoms with Gasteiger partial charge in [-0.2, -0.15) is 0 Å². The molecule has 1 rings (SSSR count). The lowest BCUT2D eigenvalue weighted by Gasteiger charge is -2.12. The Morgan fingerprint density at radius 3 is 2.75 bits per heavy atom. The van der Waals surface area contributed by atoms with Crippen molar-refractivity contribution in [2.75, 3.05) is 6.61 Å². The molecule has 0 heterocycles. The van der Waals surface area contributed by atoms with Gasteiger partial charge in [0.05, 0.1) is 10.2 Å². The molecule has 0 saturated carbocycles. The third-order valence-corrected chi connectivity index (χ3v) is 2.31. The van der Waals surface area contributed by atoms with Gasteiger partial charge in [0, 0.05) is 0 Å². The van der Waals surface area contributed by atoms with Crippen molar-refractivity contribution in [1.82, 2.24) is 0 Å². The van der Waals surface area contributed by atoms with Crippen molar-refractivity contribution in [3.8, 4) is 5.75 Å². The van der Waals surface area contributed by atoms with Crippen LogP contribution in [0.3, 0.4) is 0 Å². The minimum Gasteiger partial charge on any atom is -0.487 e. The molecule has 0 saturated heterocycles. The number of ether oxygens (including phenoxy) is 1. The Kier molecular flexibility index (Phi) is 3.81. The summed E-state index contributed by atoms with van der Waals surface area (Å²) in [6.45, 7) is 1.88. The summed E-state index contributed by atoms with van der Waals surface area (Å²) in [7, 11) is 0. The van der Waals surface area contributed by atoms with Gasteiger partial charge in [0.15, 0.2) is 0 Å². The molecule has 0 bridgehead atoms. The van der Waals surface area contributed by atoms with E-state index in [4.69, 9.17) is 9.84 Å². The highest BCUT2D eigenvalue weighted by Crippen LogP contribution is 2.20. The number of benzene rings is 1. The zero-order valence-corrected chi connectivity index (χ0v) is 8.98. The fourth-order valence-corrected chi connectivity index (χ4v) is 1.31. The fourth-order valence-electron chi connectivity index (χ4n) is 0.794. The lowest BCUT2D eigenvalue weighted by molar-refractivity contribution is 0.129. The lowest BCUT2D eigenvalue weighted by atomic mass is 10.3. The first-order valence-electron chi connectivity index (χ1n) is 3.76. The molecule has 0 aliphatic heterocycles. The summed E-state index contributed by atoms with van der Waals surface area (Å²) >= 11 is 2.20. The van der Waals surface area contributed by atoms with Crippen molar-refractivity contribution < 1.29 is 9.84 Å². The van der Waals surface area contributed by atoms with Crippen LogP contribution < -0.4 is 4.74 Å². The number of aliphatic hydroxyl groups is 1. The molecule has 0 amide bonds. The highest BCUT2D eigenvalue weighted by molar-refractivity contribution is 14.1. The monoisotopic (exact) mass is 278 g/mol. The molecular formula is C9H11IO2. The number of hydrogen-bond donors (Lipinski definition) is 1. The molecule has 12 heavy (non-hydrogen) atoms. The van der Waals surface area contributed by atoms with Crippen LogP contribution in [0.5, 0.6) is 5.75 Å². The smallest absolute Gasteiger partial charge is 0.133 e. The predicted molar refractivity (Wildman–Crippen MR) is 56.3 cm³/mol. The Morgan fingerprint density at radius 2 is 2.17 bits per heavy atom. The molecule has 1 N–H and O–H groups in total. The van der Waals surface area contributed by atoms with E-state index < -0.39 is 0 Å². The third-order valence-electron chi connectivity index (χ3n) is 1.42. The maximum atomic E-state index is 8.76. The topological polar surface area (TPSA) is 29.5 Å². The highest BCUT2D eigenvalue weighted by Gasteiger charge is 2.03. The van der Waals surface area contributed by atoms with E-state index in [1.165, 1.54) is 0 Å². The highest BCUT2D eigenvalue weighted by atomic mass is 127. The van der Waals surface area contributed by atoms with E-state index in [1.807, 2.05) is 31.2 Å². The Morgan fingerprint density at radius 1 is 1.50 bits per heavy atom. The van der Waals surface area contributed by atoms with E-state index in [1.54, 1.807) is 0 Å². The van der Waals surface area contributed by atoms with Gasteiger partial charge in [-0.3, -0.25) is 0 Å². The van der Waals surface area contributed by atoms with Crippen molar-refractivity contribution >= 4 is 22.6 Å². The molecule has 0 unspecified atom stereocenters. The van der Waals surface area contributed by atoms with Crippen LogP contribution in [0.4, 0.5) is 0 Å². The Labute approximate surface area is 85.7 Å². The van der Waals surface area contributed by atoms with E-state index in [-0.39, 0.29) is 12.7 Å². The number of hydrogen-bond acceptors (Lipinski definition) is 2. The first-order chi connectivity index (χ1) is 5.74. The third kappa shape index (κ3) is 2.64. The summed E-state index contributed by atoms with van der Waals surface area (Å²) in [5.74, 6) is 0.833. The average molecular weight is 278 g/mol. The molecule has 0 aromatic heterocycles. The van der Waals surface area contributed by atoms with Crippen LogP contribution in [0.15, 0.2) is 24.3 Å². The van der Waals surface area contributed by atoms with Gasteiger partial charge in [0.1, 0.15) is 11.9 Å².